The molecular formula is C15H18F2N2O4S. The number of anilines is 1. The summed E-state index contributed by atoms with van der Waals surface area (Å²) in [7, 11) is -3.14. The number of rotatable bonds is 5. The van der Waals surface area contributed by atoms with Crippen LogP contribution in [0.4, 0.5) is 14.5 Å². The quantitative estimate of drug-likeness (QED) is 0.859. The van der Waals surface area contributed by atoms with Crippen molar-refractivity contribution in [1.29, 1.82) is 0 Å². The van der Waals surface area contributed by atoms with Gasteiger partial charge in [0.25, 0.3) is 0 Å². The molecule has 1 atom stereocenters. The van der Waals surface area contributed by atoms with E-state index in [-0.39, 0.29) is 36.1 Å². The molecule has 2 rings (SSSR count). The molecule has 24 heavy (non-hydrogen) atoms. The minimum absolute atomic E-state index is 0.0303. The van der Waals surface area contributed by atoms with Crippen LogP contribution in [0.25, 0.3) is 0 Å². The Labute approximate surface area is 138 Å². The number of hydrogen-bond donors (Lipinski definition) is 1. The van der Waals surface area contributed by atoms with Crippen molar-refractivity contribution in [2.45, 2.75) is 25.8 Å². The van der Waals surface area contributed by atoms with Crippen molar-refractivity contribution in [3.05, 3.63) is 29.8 Å². The molecule has 1 N–H and O–H groups in total. The van der Waals surface area contributed by atoms with E-state index in [1.807, 2.05) is 0 Å². The van der Waals surface area contributed by atoms with E-state index in [1.165, 1.54) is 17.9 Å². The standard InChI is InChI=1S/C15H18F2N2O4S/c1-10(20)19(12-5-7-24(22,23)9-12)6-4-15(21)18-11-2-3-13(16)14(17)8-11/h2-3,8,12H,4-7,9H2,1H3,(H,18,21). The molecule has 1 aromatic rings. The lowest BCUT2D eigenvalue weighted by molar-refractivity contribution is -0.131. The minimum Gasteiger partial charge on any atom is -0.338 e. The van der Waals surface area contributed by atoms with Gasteiger partial charge in [0.05, 0.1) is 11.5 Å². The SMILES string of the molecule is CC(=O)N(CCC(=O)Nc1ccc(F)c(F)c1)C1CCS(=O)(=O)C1. The van der Waals surface area contributed by atoms with E-state index in [9.17, 15) is 26.8 Å². The van der Waals surface area contributed by atoms with Crippen molar-refractivity contribution in [3.8, 4) is 0 Å². The summed E-state index contributed by atoms with van der Waals surface area (Å²) >= 11 is 0. The third-order valence-corrected chi connectivity index (χ3v) is 5.59. The van der Waals surface area contributed by atoms with Crippen molar-refractivity contribution < 1.29 is 26.8 Å². The number of halogens is 2. The van der Waals surface area contributed by atoms with Crippen LogP contribution in [0.1, 0.15) is 19.8 Å². The lowest BCUT2D eigenvalue weighted by Gasteiger charge is -2.26. The van der Waals surface area contributed by atoms with Crippen LogP contribution in [0.2, 0.25) is 0 Å². The Morgan fingerprint density at radius 1 is 1.29 bits per heavy atom. The van der Waals surface area contributed by atoms with Crippen LogP contribution in [0, 0.1) is 11.6 Å². The highest BCUT2D eigenvalue weighted by Gasteiger charge is 2.33. The molecule has 1 aliphatic rings. The summed E-state index contributed by atoms with van der Waals surface area (Å²) in [6.45, 7) is 1.38. The maximum atomic E-state index is 13.1. The number of carbonyl (C=O) groups is 2. The van der Waals surface area contributed by atoms with Gasteiger partial charge in [-0.15, -0.1) is 0 Å². The lowest BCUT2D eigenvalue weighted by Crippen LogP contribution is -2.41. The molecule has 9 heteroatoms. The highest BCUT2D eigenvalue weighted by Crippen LogP contribution is 2.19. The zero-order valence-corrected chi connectivity index (χ0v) is 13.9. The van der Waals surface area contributed by atoms with Crippen LogP contribution >= 0.6 is 0 Å². The molecule has 1 fully saturated rings. The first-order valence-corrected chi connectivity index (χ1v) is 9.22. The second-order valence-corrected chi connectivity index (χ2v) is 7.93. The van der Waals surface area contributed by atoms with Crippen molar-refractivity contribution in [3.63, 3.8) is 0 Å². The van der Waals surface area contributed by atoms with E-state index in [2.05, 4.69) is 5.32 Å². The molecule has 0 spiro atoms. The Balaban J connectivity index is 1.93. The largest absolute Gasteiger partial charge is 0.338 e. The second-order valence-electron chi connectivity index (χ2n) is 5.70. The van der Waals surface area contributed by atoms with Gasteiger partial charge in [0.2, 0.25) is 11.8 Å². The van der Waals surface area contributed by atoms with Crippen LogP contribution in [0.5, 0.6) is 0 Å². The van der Waals surface area contributed by atoms with Crippen molar-refractivity contribution >= 4 is 27.3 Å². The third-order valence-electron chi connectivity index (χ3n) is 3.84. The summed E-state index contributed by atoms with van der Waals surface area (Å²) in [4.78, 5) is 25.0. The molecular weight excluding hydrogens is 342 g/mol. The highest BCUT2D eigenvalue weighted by molar-refractivity contribution is 7.91. The fourth-order valence-corrected chi connectivity index (χ4v) is 4.37. The fourth-order valence-electron chi connectivity index (χ4n) is 2.64. The van der Waals surface area contributed by atoms with Gasteiger partial charge in [0.1, 0.15) is 0 Å². The van der Waals surface area contributed by atoms with E-state index in [1.54, 1.807) is 0 Å². The van der Waals surface area contributed by atoms with E-state index < -0.39 is 33.4 Å². The van der Waals surface area contributed by atoms with Crippen molar-refractivity contribution in [2.24, 2.45) is 0 Å². The maximum Gasteiger partial charge on any atom is 0.226 e. The van der Waals surface area contributed by atoms with Crippen molar-refractivity contribution in [1.82, 2.24) is 4.90 Å². The molecule has 0 radical (unpaired) electrons. The summed E-state index contributed by atoms with van der Waals surface area (Å²) in [5.74, 6) is -2.95. The Kier molecular flexibility index (Phi) is 5.53. The Bertz CT molecular complexity index is 752. The molecule has 0 saturated carbocycles. The summed E-state index contributed by atoms with van der Waals surface area (Å²) in [5.41, 5.74) is 0.108. The summed E-state index contributed by atoms with van der Waals surface area (Å²) in [6.07, 6.45) is 0.280. The Hall–Kier alpha value is -2.03. The Morgan fingerprint density at radius 2 is 2.00 bits per heavy atom. The molecule has 0 bridgehead atoms. The Morgan fingerprint density at radius 3 is 2.54 bits per heavy atom. The molecule has 0 aromatic heterocycles. The minimum atomic E-state index is -3.14. The highest BCUT2D eigenvalue weighted by atomic mass is 32.2. The predicted octanol–water partition coefficient (Wildman–Crippen LogP) is 1.33. The predicted molar refractivity (Wildman–Crippen MR) is 84.1 cm³/mol. The molecule has 1 heterocycles. The maximum absolute atomic E-state index is 13.1. The summed E-state index contributed by atoms with van der Waals surface area (Å²) < 4.78 is 49.0. The first-order chi connectivity index (χ1) is 11.2. The normalized spacial score (nSPS) is 19.0. The van der Waals surface area contributed by atoms with Gasteiger partial charge in [-0.1, -0.05) is 0 Å². The number of nitrogens with zero attached hydrogens (tertiary/aromatic N) is 1. The first-order valence-electron chi connectivity index (χ1n) is 7.40. The molecule has 1 unspecified atom stereocenters. The van der Waals surface area contributed by atoms with Gasteiger partial charge in [0.15, 0.2) is 21.5 Å². The van der Waals surface area contributed by atoms with Crippen LogP contribution in [-0.2, 0) is 19.4 Å². The van der Waals surface area contributed by atoms with Crippen molar-refractivity contribution in [2.75, 3.05) is 23.4 Å². The number of benzene rings is 1. The molecule has 1 saturated heterocycles. The van der Waals surface area contributed by atoms with Gasteiger partial charge >= 0.3 is 0 Å². The third kappa shape index (κ3) is 4.73. The van der Waals surface area contributed by atoms with Crippen LogP contribution in [0.15, 0.2) is 18.2 Å². The average molecular weight is 360 g/mol. The number of hydrogen-bond acceptors (Lipinski definition) is 4. The van der Waals surface area contributed by atoms with Crippen LogP contribution in [-0.4, -0.2) is 49.2 Å². The van der Waals surface area contributed by atoms with Gasteiger partial charge in [-0.05, 0) is 18.6 Å². The zero-order chi connectivity index (χ0) is 17.9. The number of carbonyl (C=O) groups excluding carboxylic acids is 2. The fraction of sp³-hybridized carbons (Fsp3) is 0.467. The zero-order valence-electron chi connectivity index (χ0n) is 13.1. The van der Waals surface area contributed by atoms with Gasteiger partial charge in [-0.3, -0.25) is 9.59 Å². The summed E-state index contributed by atoms with van der Waals surface area (Å²) in [6, 6.07) is 2.56. The number of sulfone groups is 1. The van der Waals surface area contributed by atoms with E-state index in [4.69, 9.17) is 0 Å². The number of nitrogens with one attached hydrogen (secondary N) is 1. The van der Waals surface area contributed by atoms with Gasteiger partial charge in [-0.25, -0.2) is 17.2 Å². The molecule has 2 amide bonds. The topological polar surface area (TPSA) is 83.6 Å². The molecule has 132 valence electrons. The van der Waals surface area contributed by atoms with E-state index in [0.717, 1.165) is 12.1 Å². The number of amides is 2. The van der Waals surface area contributed by atoms with Crippen LogP contribution < -0.4 is 5.32 Å². The van der Waals surface area contributed by atoms with Gasteiger partial charge < -0.3 is 10.2 Å². The monoisotopic (exact) mass is 360 g/mol. The second kappa shape index (κ2) is 7.25. The molecule has 1 aromatic carbocycles. The average Bonchev–Trinajstić information content (AvgIpc) is 2.83. The van der Waals surface area contributed by atoms with Crippen LogP contribution in [0.3, 0.4) is 0 Å². The molecule has 6 nitrogen and oxygen atoms in total. The molecule has 1 aliphatic heterocycles. The summed E-state index contributed by atoms with van der Waals surface area (Å²) in [5, 5.41) is 2.41. The smallest absolute Gasteiger partial charge is 0.226 e. The van der Waals surface area contributed by atoms with E-state index in [0.29, 0.717) is 6.42 Å². The molecule has 0 aliphatic carbocycles. The van der Waals surface area contributed by atoms with Gasteiger partial charge in [0, 0.05) is 37.7 Å². The van der Waals surface area contributed by atoms with Gasteiger partial charge in [-0.2, -0.15) is 0 Å². The van der Waals surface area contributed by atoms with E-state index >= 15 is 0 Å². The first kappa shape index (κ1) is 18.3. The lowest BCUT2D eigenvalue weighted by atomic mass is 10.2.